The molecule has 1 rings (SSSR count). The van der Waals surface area contributed by atoms with E-state index in [1.165, 1.54) is 0 Å². The van der Waals surface area contributed by atoms with Crippen molar-refractivity contribution in [3.63, 3.8) is 0 Å². The molecule has 0 aromatic heterocycles. The first-order valence-electron chi connectivity index (χ1n) is 5.67. The molecule has 0 aromatic carbocycles. The van der Waals surface area contributed by atoms with Gasteiger partial charge in [-0.25, -0.2) is 4.79 Å². The molecule has 2 atom stereocenters. The maximum Gasteiger partial charge on any atom is 0.317 e. The van der Waals surface area contributed by atoms with Gasteiger partial charge in [-0.05, 0) is 26.7 Å². The Balaban J connectivity index is 2.67. The van der Waals surface area contributed by atoms with Gasteiger partial charge in [0.25, 0.3) is 0 Å². The summed E-state index contributed by atoms with van der Waals surface area (Å²) in [7, 11) is 1.70. The van der Waals surface area contributed by atoms with Crippen molar-refractivity contribution in [3.05, 3.63) is 0 Å². The molecule has 1 fully saturated rings. The lowest BCUT2D eigenvalue weighted by Crippen LogP contribution is -2.50. The molecular weight excluding hydrogens is 208 g/mol. The van der Waals surface area contributed by atoms with Gasteiger partial charge in [-0.3, -0.25) is 4.79 Å². The van der Waals surface area contributed by atoms with Gasteiger partial charge in [-0.2, -0.15) is 0 Å². The van der Waals surface area contributed by atoms with Crippen LogP contribution in [-0.2, 0) is 4.79 Å². The summed E-state index contributed by atoms with van der Waals surface area (Å²) in [5.41, 5.74) is -0.815. The molecule has 16 heavy (non-hydrogen) atoms. The topological polar surface area (TPSA) is 69.6 Å². The number of hydrogen-bond donors (Lipinski definition) is 2. The Morgan fingerprint density at radius 1 is 1.56 bits per heavy atom. The number of hydrogen-bond acceptors (Lipinski definition) is 2. The number of nitrogens with zero attached hydrogens (tertiary/aromatic N) is 1. The molecule has 0 aromatic rings. The van der Waals surface area contributed by atoms with Gasteiger partial charge in [0.1, 0.15) is 0 Å². The summed E-state index contributed by atoms with van der Waals surface area (Å²) < 4.78 is 0. The van der Waals surface area contributed by atoms with Crippen LogP contribution in [0, 0.1) is 5.41 Å². The van der Waals surface area contributed by atoms with E-state index in [0.29, 0.717) is 13.0 Å². The average Bonchev–Trinajstić information content (AvgIpc) is 2.60. The van der Waals surface area contributed by atoms with Crippen molar-refractivity contribution in [2.45, 2.75) is 39.2 Å². The number of nitrogens with one attached hydrogen (secondary N) is 1. The van der Waals surface area contributed by atoms with Gasteiger partial charge in [-0.15, -0.1) is 0 Å². The predicted molar refractivity (Wildman–Crippen MR) is 60.2 cm³/mol. The Morgan fingerprint density at radius 2 is 2.19 bits per heavy atom. The van der Waals surface area contributed by atoms with E-state index in [-0.39, 0.29) is 12.1 Å². The Labute approximate surface area is 95.8 Å². The Hall–Kier alpha value is -1.26. The zero-order valence-electron chi connectivity index (χ0n) is 10.1. The molecule has 1 aliphatic rings. The fourth-order valence-electron chi connectivity index (χ4n) is 2.06. The molecule has 2 amide bonds. The normalized spacial score (nSPS) is 28.8. The first kappa shape index (κ1) is 12.8. The van der Waals surface area contributed by atoms with Crippen LogP contribution in [0.4, 0.5) is 4.79 Å². The molecule has 1 saturated carbocycles. The second kappa shape index (κ2) is 4.72. The third-order valence-corrected chi connectivity index (χ3v) is 3.57. The standard InChI is InChI=1S/C11H20N2O3/c1-4-13(3)10(16)12-8-6-5-7-11(8,2)9(14)15/h8H,4-7H2,1-3H3,(H,12,16)(H,14,15). The molecule has 2 N–H and O–H groups in total. The van der Waals surface area contributed by atoms with Crippen molar-refractivity contribution in [1.29, 1.82) is 0 Å². The lowest BCUT2D eigenvalue weighted by atomic mass is 9.85. The van der Waals surface area contributed by atoms with Crippen LogP contribution >= 0.6 is 0 Å². The molecule has 0 saturated heterocycles. The van der Waals surface area contributed by atoms with Crippen molar-refractivity contribution in [2.24, 2.45) is 5.41 Å². The third kappa shape index (κ3) is 2.28. The van der Waals surface area contributed by atoms with E-state index in [0.717, 1.165) is 12.8 Å². The summed E-state index contributed by atoms with van der Waals surface area (Å²) >= 11 is 0. The van der Waals surface area contributed by atoms with Gasteiger partial charge in [0, 0.05) is 19.6 Å². The van der Waals surface area contributed by atoms with Crippen molar-refractivity contribution >= 4 is 12.0 Å². The Morgan fingerprint density at radius 3 is 2.69 bits per heavy atom. The molecule has 0 aliphatic heterocycles. The minimum atomic E-state index is -0.825. The van der Waals surface area contributed by atoms with Crippen LogP contribution in [0.15, 0.2) is 0 Å². The van der Waals surface area contributed by atoms with Crippen LogP contribution in [0.5, 0.6) is 0 Å². The molecule has 1 aliphatic carbocycles. The van der Waals surface area contributed by atoms with Crippen LogP contribution in [0.1, 0.15) is 33.1 Å². The molecule has 0 bridgehead atoms. The molecule has 0 radical (unpaired) electrons. The van der Waals surface area contributed by atoms with Crippen LogP contribution in [-0.4, -0.2) is 41.6 Å². The number of carboxylic acid groups (broad SMARTS) is 1. The maximum absolute atomic E-state index is 11.7. The van der Waals surface area contributed by atoms with Gasteiger partial charge in [0.05, 0.1) is 5.41 Å². The second-order valence-corrected chi connectivity index (χ2v) is 4.63. The number of carbonyl (C=O) groups excluding carboxylic acids is 1. The fourth-order valence-corrected chi connectivity index (χ4v) is 2.06. The zero-order chi connectivity index (χ0) is 12.3. The van der Waals surface area contributed by atoms with E-state index >= 15 is 0 Å². The van der Waals surface area contributed by atoms with Crippen molar-refractivity contribution in [3.8, 4) is 0 Å². The van der Waals surface area contributed by atoms with Gasteiger partial charge >= 0.3 is 12.0 Å². The first-order chi connectivity index (χ1) is 7.41. The average molecular weight is 228 g/mol. The highest BCUT2D eigenvalue weighted by Gasteiger charge is 2.46. The summed E-state index contributed by atoms with van der Waals surface area (Å²) in [5, 5.41) is 12.0. The van der Waals surface area contributed by atoms with Gasteiger partial charge in [-0.1, -0.05) is 6.42 Å². The quantitative estimate of drug-likeness (QED) is 0.764. The van der Waals surface area contributed by atoms with E-state index in [2.05, 4.69) is 5.32 Å². The van der Waals surface area contributed by atoms with Crippen molar-refractivity contribution in [1.82, 2.24) is 10.2 Å². The zero-order valence-corrected chi connectivity index (χ0v) is 10.1. The number of aliphatic carboxylic acids is 1. The summed E-state index contributed by atoms with van der Waals surface area (Å²) in [5.74, 6) is -0.825. The molecule has 5 heteroatoms. The number of carboxylic acids is 1. The lowest BCUT2D eigenvalue weighted by molar-refractivity contribution is -0.148. The molecule has 5 nitrogen and oxygen atoms in total. The second-order valence-electron chi connectivity index (χ2n) is 4.63. The monoisotopic (exact) mass is 228 g/mol. The summed E-state index contributed by atoms with van der Waals surface area (Å²) in [4.78, 5) is 24.4. The van der Waals surface area contributed by atoms with Crippen LogP contribution < -0.4 is 5.32 Å². The lowest BCUT2D eigenvalue weighted by Gasteiger charge is -2.29. The number of urea groups is 1. The third-order valence-electron chi connectivity index (χ3n) is 3.57. The van der Waals surface area contributed by atoms with Gasteiger partial charge in [0.15, 0.2) is 0 Å². The Kier molecular flexibility index (Phi) is 3.78. The predicted octanol–water partition coefficient (Wildman–Crippen LogP) is 1.29. The Bertz CT molecular complexity index is 293. The molecular formula is C11H20N2O3. The number of amides is 2. The van der Waals surface area contributed by atoms with Gasteiger partial charge < -0.3 is 15.3 Å². The fraction of sp³-hybridized carbons (Fsp3) is 0.818. The first-order valence-corrected chi connectivity index (χ1v) is 5.67. The number of carbonyl (C=O) groups is 2. The van der Waals surface area contributed by atoms with Crippen molar-refractivity contribution < 1.29 is 14.7 Å². The minimum Gasteiger partial charge on any atom is -0.481 e. The molecule has 92 valence electrons. The SMILES string of the molecule is CCN(C)C(=O)NC1CCCC1(C)C(=O)O. The smallest absolute Gasteiger partial charge is 0.317 e. The van der Waals surface area contributed by atoms with E-state index in [1.807, 2.05) is 6.92 Å². The van der Waals surface area contributed by atoms with E-state index in [4.69, 9.17) is 0 Å². The molecule has 2 unspecified atom stereocenters. The van der Waals surface area contributed by atoms with Crippen molar-refractivity contribution in [2.75, 3.05) is 13.6 Å². The van der Waals surface area contributed by atoms with Crippen LogP contribution in [0.3, 0.4) is 0 Å². The largest absolute Gasteiger partial charge is 0.481 e. The van der Waals surface area contributed by atoms with E-state index in [1.54, 1.807) is 18.9 Å². The maximum atomic E-state index is 11.7. The van der Waals surface area contributed by atoms with E-state index in [9.17, 15) is 14.7 Å². The minimum absolute atomic E-state index is 0.193. The summed E-state index contributed by atoms with van der Waals surface area (Å²) in [6.45, 7) is 4.20. The van der Waals surface area contributed by atoms with Crippen LogP contribution in [0.25, 0.3) is 0 Å². The summed E-state index contributed by atoms with van der Waals surface area (Å²) in [6, 6.07) is -0.451. The van der Waals surface area contributed by atoms with Gasteiger partial charge in [0.2, 0.25) is 0 Å². The van der Waals surface area contributed by atoms with E-state index < -0.39 is 11.4 Å². The summed E-state index contributed by atoms with van der Waals surface area (Å²) in [6.07, 6.45) is 2.22. The number of rotatable bonds is 3. The highest BCUT2D eigenvalue weighted by atomic mass is 16.4. The van der Waals surface area contributed by atoms with Crippen LogP contribution in [0.2, 0.25) is 0 Å². The highest BCUT2D eigenvalue weighted by molar-refractivity contribution is 5.79. The molecule has 0 spiro atoms. The highest BCUT2D eigenvalue weighted by Crippen LogP contribution is 2.38. The molecule has 0 heterocycles.